The Morgan fingerprint density at radius 3 is 2.84 bits per heavy atom. The van der Waals surface area contributed by atoms with Crippen LogP contribution in [0.25, 0.3) is 0 Å². The van der Waals surface area contributed by atoms with Gasteiger partial charge in [0.25, 0.3) is 5.91 Å². The van der Waals surface area contributed by atoms with Gasteiger partial charge < -0.3 is 9.32 Å². The summed E-state index contributed by atoms with van der Waals surface area (Å²) in [5, 5.41) is 5.67. The SMILES string of the molecule is Cc1cc(C(=O)N/N=C/c2ccc(N(C)C)o2)cs1. The maximum atomic E-state index is 11.7. The van der Waals surface area contributed by atoms with Crippen molar-refractivity contribution in [1.29, 1.82) is 0 Å². The minimum absolute atomic E-state index is 0.222. The van der Waals surface area contributed by atoms with E-state index in [1.807, 2.05) is 38.1 Å². The highest BCUT2D eigenvalue weighted by molar-refractivity contribution is 7.10. The summed E-state index contributed by atoms with van der Waals surface area (Å²) in [6, 6.07) is 5.46. The Labute approximate surface area is 115 Å². The second-order valence-corrected chi connectivity index (χ2v) is 5.33. The normalized spacial score (nSPS) is 10.9. The van der Waals surface area contributed by atoms with E-state index in [-0.39, 0.29) is 5.91 Å². The van der Waals surface area contributed by atoms with Crippen LogP contribution in [0.5, 0.6) is 0 Å². The lowest BCUT2D eigenvalue weighted by molar-refractivity contribution is 0.0955. The zero-order chi connectivity index (χ0) is 13.8. The van der Waals surface area contributed by atoms with E-state index < -0.39 is 0 Å². The lowest BCUT2D eigenvalue weighted by Gasteiger charge is -2.05. The van der Waals surface area contributed by atoms with Crippen molar-refractivity contribution in [2.24, 2.45) is 5.10 Å². The molecule has 6 heteroatoms. The van der Waals surface area contributed by atoms with Crippen LogP contribution in [0, 0.1) is 6.92 Å². The molecule has 0 unspecified atom stereocenters. The Bertz CT molecular complexity index is 599. The average Bonchev–Trinajstić information content (AvgIpc) is 2.98. The van der Waals surface area contributed by atoms with E-state index in [1.54, 1.807) is 11.4 Å². The van der Waals surface area contributed by atoms with E-state index in [1.165, 1.54) is 17.6 Å². The van der Waals surface area contributed by atoms with Gasteiger partial charge in [0.2, 0.25) is 0 Å². The Kier molecular flexibility index (Phi) is 4.01. The summed E-state index contributed by atoms with van der Waals surface area (Å²) >= 11 is 1.53. The second kappa shape index (κ2) is 5.71. The zero-order valence-electron chi connectivity index (χ0n) is 11.0. The number of amides is 1. The van der Waals surface area contributed by atoms with Crippen molar-refractivity contribution in [3.63, 3.8) is 0 Å². The number of nitrogens with zero attached hydrogens (tertiary/aromatic N) is 2. The fraction of sp³-hybridized carbons (Fsp3) is 0.231. The third-order valence-corrected chi connectivity index (χ3v) is 3.27. The first-order valence-electron chi connectivity index (χ1n) is 5.72. The minimum atomic E-state index is -0.222. The summed E-state index contributed by atoms with van der Waals surface area (Å²) in [5.41, 5.74) is 3.08. The van der Waals surface area contributed by atoms with Crippen LogP contribution in [-0.4, -0.2) is 26.2 Å². The lowest BCUT2D eigenvalue weighted by Crippen LogP contribution is -2.16. The highest BCUT2D eigenvalue weighted by Crippen LogP contribution is 2.14. The first kappa shape index (κ1) is 13.4. The van der Waals surface area contributed by atoms with E-state index >= 15 is 0 Å². The number of aryl methyl sites for hydroxylation is 1. The zero-order valence-corrected chi connectivity index (χ0v) is 11.8. The summed E-state index contributed by atoms with van der Waals surface area (Å²) in [4.78, 5) is 14.6. The largest absolute Gasteiger partial charge is 0.440 e. The van der Waals surface area contributed by atoms with Gasteiger partial charge in [-0.15, -0.1) is 11.3 Å². The number of anilines is 1. The number of carbonyl (C=O) groups is 1. The van der Waals surface area contributed by atoms with E-state index in [2.05, 4.69) is 10.5 Å². The van der Waals surface area contributed by atoms with Crippen LogP contribution in [0.1, 0.15) is 21.0 Å². The van der Waals surface area contributed by atoms with Crippen molar-refractivity contribution >= 4 is 29.3 Å². The second-order valence-electron chi connectivity index (χ2n) is 4.22. The minimum Gasteiger partial charge on any atom is -0.440 e. The number of hydrogen-bond donors (Lipinski definition) is 1. The molecule has 1 amide bonds. The third kappa shape index (κ3) is 3.45. The van der Waals surface area contributed by atoms with Gasteiger partial charge in [-0.3, -0.25) is 4.79 Å². The number of furan rings is 1. The van der Waals surface area contributed by atoms with Crippen LogP contribution in [-0.2, 0) is 0 Å². The molecule has 0 aliphatic carbocycles. The van der Waals surface area contributed by atoms with Crippen molar-refractivity contribution in [2.75, 3.05) is 19.0 Å². The molecule has 100 valence electrons. The molecular formula is C13H15N3O2S. The first-order valence-corrected chi connectivity index (χ1v) is 6.60. The Morgan fingerprint density at radius 1 is 1.47 bits per heavy atom. The predicted molar refractivity (Wildman–Crippen MR) is 77.2 cm³/mol. The molecule has 0 saturated carbocycles. The summed E-state index contributed by atoms with van der Waals surface area (Å²) < 4.78 is 5.46. The van der Waals surface area contributed by atoms with Gasteiger partial charge in [-0.1, -0.05) is 0 Å². The van der Waals surface area contributed by atoms with Gasteiger partial charge >= 0.3 is 0 Å². The van der Waals surface area contributed by atoms with Gasteiger partial charge in [0.15, 0.2) is 5.88 Å². The molecule has 1 N–H and O–H groups in total. The van der Waals surface area contributed by atoms with Crippen molar-refractivity contribution < 1.29 is 9.21 Å². The van der Waals surface area contributed by atoms with Crippen molar-refractivity contribution in [1.82, 2.24) is 5.43 Å². The summed E-state index contributed by atoms with van der Waals surface area (Å²) in [5.74, 6) is 1.10. The van der Waals surface area contributed by atoms with E-state index in [0.29, 0.717) is 11.3 Å². The average molecular weight is 277 g/mol. The molecule has 5 nitrogen and oxygen atoms in total. The Morgan fingerprint density at radius 2 is 2.26 bits per heavy atom. The Balaban J connectivity index is 1.94. The van der Waals surface area contributed by atoms with E-state index in [9.17, 15) is 4.79 Å². The van der Waals surface area contributed by atoms with Gasteiger partial charge in [-0.05, 0) is 19.1 Å². The van der Waals surface area contributed by atoms with Crippen LogP contribution in [0.4, 0.5) is 5.88 Å². The molecule has 0 saturated heterocycles. The molecule has 2 aromatic heterocycles. The highest BCUT2D eigenvalue weighted by Gasteiger charge is 2.06. The fourth-order valence-corrected chi connectivity index (χ4v) is 2.12. The molecule has 2 aromatic rings. The maximum Gasteiger partial charge on any atom is 0.272 e. The van der Waals surface area contributed by atoms with Crippen LogP contribution < -0.4 is 10.3 Å². The predicted octanol–water partition coefficient (Wildman–Crippen LogP) is 2.48. The van der Waals surface area contributed by atoms with Crippen LogP contribution in [0.3, 0.4) is 0 Å². The summed E-state index contributed by atoms with van der Waals surface area (Å²) in [6.07, 6.45) is 1.48. The smallest absolute Gasteiger partial charge is 0.272 e. The molecule has 2 heterocycles. The van der Waals surface area contributed by atoms with Crippen LogP contribution in [0.15, 0.2) is 33.1 Å². The number of hydrogen-bond acceptors (Lipinski definition) is 5. The topological polar surface area (TPSA) is 57.8 Å². The Hall–Kier alpha value is -2.08. The molecule has 0 aliphatic heterocycles. The van der Waals surface area contributed by atoms with Crippen LogP contribution >= 0.6 is 11.3 Å². The quantitative estimate of drug-likeness (QED) is 0.690. The van der Waals surface area contributed by atoms with E-state index in [4.69, 9.17) is 4.42 Å². The van der Waals surface area contributed by atoms with Gasteiger partial charge in [-0.2, -0.15) is 5.10 Å². The third-order valence-electron chi connectivity index (χ3n) is 2.40. The molecule has 19 heavy (non-hydrogen) atoms. The summed E-state index contributed by atoms with van der Waals surface area (Å²) in [6.45, 7) is 1.95. The fourth-order valence-electron chi connectivity index (χ4n) is 1.43. The number of carbonyl (C=O) groups excluding carboxylic acids is 1. The summed E-state index contributed by atoms with van der Waals surface area (Å²) in [7, 11) is 3.78. The van der Waals surface area contributed by atoms with Crippen LogP contribution in [0.2, 0.25) is 0 Å². The molecule has 0 atom stereocenters. The number of hydrazone groups is 1. The standard InChI is InChI=1S/C13H15N3O2S/c1-9-6-10(8-19-9)13(17)15-14-7-11-4-5-12(18-11)16(2)3/h4-8H,1-3H3,(H,15,17)/b14-7+. The van der Waals surface area contributed by atoms with Gasteiger partial charge in [-0.25, -0.2) is 5.43 Å². The molecule has 0 radical (unpaired) electrons. The molecule has 0 aromatic carbocycles. The molecular weight excluding hydrogens is 262 g/mol. The molecule has 0 bridgehead atoms. The maximum absolute atomic E-state index is 11.7. The first-order chi connectivity index (χ1) is 9.06. The number of thiophene rings is 1. The highest BCUT2D eigenvalue weighted by atomic mass is 32.1. The van der Waals surface area contributed by atoms with Crippen molar-refractivity contribution in [2.45, 2.75) is 6.92 Å². The van der Waals surface area contributed by atoms with E-state index in [0.717, 1.165) is 10.8 Å². The number of nitrogens with one attached hydrogen (secondary N) is 1. The van der Waals surface area contributed by atoms with Crippen molar-refractivity contribution in [3.8, 4) is 0 Å². The molecule has 0 spiro atoms. The molecule has 0 fully saturated rings. The van der Waals surface area contributed by atoms with Gasteiger partial charge in [0.1, 0.15) is 5.76 Å². The molecule has 2 rings (SSSR count). The molecule has 0 aliphatic rings. The monoisotopic (exact) mass is 277 g/mol. The van der Waals surface area contributed by atoms with Crippen molar-refractivity contribution in [3.05, 3.63) is 39.8 Å². The van der Waals surface area contributed by atoms with Gasteiger partial charge in [0.05, 0.1) is 11.8 Å². The van der Waals surface area contributed by atoms with Gasteiger partial charge in [0, 0.05) is 30.4 Å². The number of rotatable bonds is 4. The lowest BCUT2D eigenvalue weighted by atomic mass is 10.3.